The summed E-state index contributed by atoms with van der Waals surface area (Å²) in [6.45, 7) is -0.614. The van der Waals surface area contributed by atoms with E-state index in [2.05, 4.69) is 0 Å². The molecule has 0 saturated carbocycles. The number of alkyl halides is 3. The molecule has 0 fully saturated rings. The molecule has 0 aliphatic carbocycles. The average molecular weight is 338 g/mol. The molecule has 0 saturated heterocycles. The number of hydrogen-bond donors (Lipinski definition) is 2. The van der Waals surface area contributed by atoms with Gasteiger partial charge in [-0.15, -0.1) is 0 Å². The monoisotopic (exact) mass is 336 g/mol. The van der Waals surface area contributed by atoms with E-state index in [9.17, 15) is 10.2 Å². The van der Waals surface area contributed by atoms with Crippen molar-refractivity contribution in [3.8, 4) is 0 Å². The first-order valence-electron chi connectivity index (χ1n) is 4.53. The molecule has 1 aromatic carbocycles. The topological polar surface area (TPSA) is 40.5 Å². The fraction of sp³-hybridized carbons (Fsp3) is 0.400. The molecule has 1 rings (SSSR count). The van der Waals surface area contributed by atoms with Crippen molar-refractivity contribution in [2.75, 3.05) is 6.61 Å². The maximum Gasteiger partial charge on any atom is 0.193 e. The second kappa shape index (κ2) is 5.70. The highest BCUT2D eigenvalue weighted by Gasteiger charge is 2.38. The van der Waals surface area contributed by atoms with Gasteiger partial charge in [0, 0.05) is 16.5 Å². The van der Waals surface area contributed by atoms with Crippen LogP contribution in [0.2, 0.25) is 10.0 Å². The largest absolute Gasteiger partial charge is 0.393 e. The molecule has 0 amide bonds. The van der Waals surface area contributed by atoms with Gasteiger partial charge in [0.15, 0.2) is 3.79 Å². The minimum atomic E-state index is -1.71. The van der Waals surface area contributed by atoms with E-state index in [1.807, 2.05) is 0 Å². The second-order valence-electron chi connectivity index (χ2n) is 3.64. The first-order valence-corrected chi connectivity index (χ1v) is 6.42. The van der Waals surface area contributed by atoms with Gasteiger partial charge in [0.1, 0.15) is 5.60 Å². The van der Waals surface area contributed by atoms with E-state index in [0.29, 0.717) is 15.6 Å². The van der Waals surface area contributed by atoms with Gasteiger partial charge in [-0.1, -0.05) is 58.0 Å². The average Bonchev–Trinajstić information content (AvgIpc) is 2.13. The van der Waals surface area contributed by atoms with E-state index in [0.717, 1.165) is 0 Å². The first kappa shape index (κ1) is 15.6. The molecule has 0 aliphatic heterocycles. The van der Waals surface area contributed by atoms with Crippen molar-refractivity contribution in [1.29, 1.82) is 0 Å². The molecule has 17 heavy (non-hydrogen) atoms. The molecule has 1 atom stereocenters. The Hall–Kier alpha value is 0.590. The van der Waals surface area contributed by atoms with E-state index in [1.54, 1.807) is 0 Å². The predicted molar refractivity (Wildman–Crippen MR) is 72.4 cm³/mol. The SMILES string of the molecule is OCC(O)(CC(Cl)(Cl)Cl)c1cc(Cl)cc(Cl)c1. The predicted octanol–water partition coefficient (Wildman–Crippen LogP) is 3.93. The van der Waals surface area contributed by atoms with E-state index < -0.39 is 16.0 Å². The molecule has 0 spiro atoms. The third kappa shape index (κ3) is 4.64. The summed E-state index contributed by atoms with van der Waals surface area (Å²) in [7, 11) is 0. The zero-order chi connectivity index (χ0) is 13.3. The molecule has 96 valence electrons. The number of benzene rings is 1. The normalized spacial score (nSPS) is 15.7. The van der Waals surface area contributed by atoms with Gasteiger partial charge >= 0.3 is 0 Å². The second-order valence-corrected chi connectivity index (χ2v) is 7.03. The fourth-order valence-corrected chi connectivity index (χ4v) is 2.59. The number of halogens is 5. The van der Waals surface area contributed by atoms with E-state index in [-0.39, 0.29) is 6.42 Å². The quantitative estimate of drug-likeness (QED) is 0.820. The van der Waals surface area contributed by atoms with Crippen LogP contribution in [0.3, 0.4) is 0 Å². The van der Waals surface area contributed by atoms with Crippen LogP contribution in [0.25, 0.3) is 0 Å². The molecule has 2 N–H and O–H groups in total. The van der Waals surface area contributed by atoms with Gasteiger partial charge in [0.2, 0.25) is 0 Å². The van der Waals surface area contributed by atoms with Crippen molar-refractivity contribution in [1.82, 2.24) is 0 Å². The summed E-state index contributed by atoms with van der Waals surface area (Å²) in [5.74, 6) is 0. The van der Waals surface area contributed by atoms with Crippen molar-refractivity contribution < 1.29 is 10.2 Å². The maximum absolute atomic E-state index is 10.3. The van der Waals surface area contributed by atoms with Crippen molar-refractivity contribution in [2.24, 2.45) is 0 Å². The highest BCUT2D eigenvalue weighted by molar-refractivity contribution is 6.67. The number of hydrogen-bond acceptors (Lipinski definition) is 2. The molecule has 0 radical (unpaired) electrons. The Kier molecular flexibility index (Phi) is 5.25. The Bertz CT molecular complexity index is 384. The minimum absolute atomic E-state index is 0.280. The van der Waals surface area contributed by atoms with E-state index in [1.165, 1.54) is 18.2 Å². The van der Waals surface area contributed by atoms with Crippen LogP contribution in [0.15, 0.2) is 18.2 Å². The van der Waals surface area contributed by atoms with Gasteiger partial charge in [-0.2, -0.15) is 0 Å². The summed E-state index contributed by atoms with van der Waals surface area (Å²) >= 11 is 28.5. The Balaban J connectivity index is 3.15. The Morgan fingerprint density at radius 2 is 1.47 bits per heavy atom. The Labute approximate surface area is 124 Å². The van der Waals surface area contributed by atoms with Crippen LogP contribution >= 0.6 is 58.0 Å². The van der Waals surface area contributed by atoms with Crippen LogP contribution in [-0.2, 0) is 5.60 Å². The standard InChI is InChI=1S/C10H9Cl5O2/c11-7-1-6(2-8(12)3-7)9(17,5-16)4-10(13,14)15/h1-3,16-17H,4-5H2. The van der Waals surface area contributed by atoms with Crippen LogP contribution in [-0.4, -0.2) is 20.6 Å². The van der Waals surface area contributed by atoms with Gasteiger partial charge in [-0.05, 0) is 23.8 Å². The lowest BCUT2D eigenvalue weighted by Gasteiger charge is -2.29. The molecule has 2 nitrogen and oxygen atoms in total. The number of rotatable bonds is 3. The summed E-state index contributed by atoms with van der Waals surface area (Å²) < 4.78 is -1.70. The molecule has 0 aromatic heterocycles. The van der Waals surface area contributed by atoms with E-state index in [4.69, 9.17) is 58.0 Å². The number of aliphatic hydroxyl groups is 2. The fourth-order valence-electron chi connectivity index (χ4n) is 1.40. The van der Waals surface area contributed by atoms with Gasteiger partial charge in [-0.3, -0.25) is 0 Å². The molecule has 0 bridgehead atoms. The summed E-state index contributed by atoms with van der Waals surface area (Å²) in [6.07, 6.45) is -0.280. The Morgan fingerprint density at radius 3 is 1.82 bits per heavy atom. The summed E-state index contributed by atoms with van der Waals surface area (Å²) in [5.41, 5.74) is -1.41. The third-order valence-electron chi connectivity index (χ3n) is 2.15. The molecular formula is C10H9Cl5O2. The minimum Gasteiger partial charge on any atom is -0.393 e. The van der Waals surface area contributed by atoms with Gasteiger partial charge < -0.3 is 10.2 Å². The number of aliphatic hydroxyl groups excluding tert-OH is 1. The Morgan fingerprint density at radius 1 is 1.00 bits per heavy atom. The van der Waals surface area contributed by atoms with Gasteiger partial charge in [-0.25, -0.2) is 0 Å². The summed E-state index contributed by atoms with van der Waals surface area (Å²) in [5, 5.41) is 20.2. The molecule has 0 heterocycles. The first-order chi connectivity index (χ1) is 7.66. The zero-order valence-electron chi connectivity index (χ0n) is 8.43. The van der Waals surface area contributed by atoms with Crippen LogP contribution in [0, 0.1) is 0 Å². The van der Waals surface area contributed by atoms with Crippen molar-refractivity contribution in [3.05, 3.63) is 33.8 Å². The van der Waals surface area contributed by atoms with Crippen LogP contribution < -0.4 is 0 Å². The zero-order valence-corrected chi connectivity index (χ0v) is 12.2. The lowest BCUT2D eigenvalue weighted by molar-refractivity contribution is -0.0252. The van der Waals surface area contributed by atoms with Gasteiger partial charge in [0.25, 0.3) is 0 Å². The summed E-state index contributed by atoms with van der Waals surface area (Å²) in [6, 6.07) is 4.42. The molecule has 1 unspecified atom stereocenters. The van der Waals surface area contributed by atoms with Crippen LogP contribution in [0.1, 0.15) is 12.0 Å². The lowest BCUT2D eigenvalue weighted by atomic mass is 9.92. The summed E-state index contributed by atoms with van der Waals surface area (Å²) in [4.78, 5) is 0. The highest BCUT2D eigenvalue weighted by atomic mass is 35.6. The highest BCUT2D eigenvalue weighted by Crippen LogP contribution is 2.40. The molecular weight excluding hydrogens is 329 g/mol. The third-order valence-corrected chi connectivity index (χ3v) is 2.99. The van der Waals surface area contributed by atoms with Crippen molar-refractivity contribution in [2.45, 2.75) is 15.8 Å². The van der Waals surface area contributed by atoms with Crippen LogP contribution in [0.5, 0.6) is 0 Å². The van der Waals surface area contributed by atoms with E-state index >= 15 is 0 Å². The van der Waals surface area contributed by atoms with Gasteiger partial charge in [0.05, 0.1) is 6.61 Å². The molecule has 7 heteroatoms. The molecule has 0 aliphatic rings. The van der Waals surface area contributed by atoms with Crippen LogP contribution in [0.4, 0.5) is 0 Å². The van der Waals surface area contributed by atoms with Crippen molar-refractivity contribution in [3.63, 3.8) is 0 Å². The lowest BCUT2D eigenvalue weighted by Crippen LogP contribution is -2.34. The maximum atomic E-state index is 10.3. The smallest absolute Gasteiger partial charge is 0.193 e. The van der Waals surface area contributed by atoms with Crippen molar-refractivity contribution >= 4 is 58.0 Å². The molecule has 1 aromatic rings.